The summed E-state index contributed by atoms with van der Waals surface area (Å²) in [5, 5.41) is 8.72. The van der Waals surface area contributed by atoms with Crippen molar-refractivity contribution in [2.75, 3.05) is 23.3 Å². The van der Waals surface area contributed by atoms with Gasteiger partial charge in [0, 0.05) is 16.8 Å². The third-order valence-electron chi connectivity index (χ3n) is 6.56. The molecule has 8 heteroatoms. The number of nitrogens with zero attached hydrogens (tertiary/aromatic N) is 2. The maximum atomic E-state index is 13.9. The van der Waals surface area contributed by atoms with E-state index < -0.39 is 18.1 Å². The van der Waals surface area contributed by atoms with Gasteiger partial charge in [-0.3, -0.25) is 9.59 Å². The van der Waals surface area contributed by atoms with E-state index in [0.717, 1.165) is 36.1 Å². The number of nitrogens with one attached hydrogen (secondary N) is 3. The molecule has 2 aliphatic rings. The molecule has 0 aromatic heterocycles. The Balaban J connectivity index is 1.51. The largest absolute Gasteiger partial charge is 0.321 e. The summed E-state index contributed by atoms with van der Waals surface area (Å²) in [6.45, 7) is 2.61. The Morgan fingerprint density at radius 1 is 1.03 bits per heavy atom. The summed E-state index contributed by atoms with van der Waals surface area (Å²) >= 11 is 0. The second-order valence-electron chi connectivity index (χ2n) is 9.27. The van der Waals surface area contributed by atoms with Crippen LogP contribution in [0.4, 0.5) is 16.2 Å². The van der Waals surface area contributed by atoms with Crippen LogP contribution >= 0.6 is 0 Å². The Bertz CT molecular complexity index is 1350. The van der Waals surface area contributed by atoms with Crippen LogP contribution in [0, 0.1) is 6.92 Å². The molecule has 1 fully saturated rings. The van der Waals surface area contributed by atoms with Gasteiger partial charge < -0.3 is 20.9 Å². The standard InChI is InChI=1S/C29H29N5O3/c1-19-9-7-12-21(17-19)31-29(37)33-27-28(36)34(18-25(35)23-14-8-16-30-23)24-15-6-5-13-22(24)26(32-27)20-10-3-2-4-11-20/h2-7,9-13,15,17,23,27,30H,8,14,16,18H2,1H3,(H2,31,33,37)/t23-,27+/m1/s1. The zero-order valence-electron chi connectivity index (χ0n) is 20.6. The van der Waals surface area contributed by atoms with E-state index in [1.807, 2.05) is 79.7 Å². The summed E-state index contributed by atoms with van der Waals surface area (Å²) in [6, 6.07) is 23.5. The molecule has 0 radical (unpaired) electrons. The van der Waals surface area contributed by atoms with Gasteiger partial charge in [-0.1, -0.05) is 60.7 Å². The fraction of sp³-hybridized carbons (Fsp3) is 0.241. The van der Waals surface area contributed by atoms with Crippen LogP contribution in [-0.4, -0.2) is 48.7 Å². The number of aryl methyl sites for hydroxylation is 1. The molecule has 2 atom stereocenters. The molecule has 0 spiro atoms. The predicted molar refractivity (Wildman–Crippen MR) is 144 cm³/mol. The van der Waals surface area contributed by atoms with Crippen LogP contribution in [0.5, 0.6) is 0 Å². The van der Waals surface area contributed by atoms with E-state index in [2.05, 4.69) is 16.0 Å². The minimum atomic E-state index is -1.23. The minimum absolute atomic E-state index is 0.0632. The number of aliphatic imine (C=N–C) groups is 1. The number of fused-ring (bicyclic) bond motifs is 1. The van der Waals surface area contributed by atoms with Gasteiger partial charge in [-0.2, -0.15) is 0 Å². The molecule has 1 saturated heterocycles. The Kier molecular flexibility index (Phi) is 7.09. The third kappa shape index (κ3) is 5.44. The molecular formula is C29H29N5O3. The van der Waals surface area contributed by atoms with Crippen molar-refractivity contribution in [1.82, 2.24) is 10.6 Å². The van der Waals surface area contributed by atoms with E-state index in [4.69, 9.17) is 4.99 Å². The van der Waals surface area contributed by atoms with E-state index >= 15 is 0 Å². The first-order valence-electron chi connectivity index (χ1n) is 12.4. The Hall–Kier alpha value is -4.30. The van der Waals surface area contributed by atoms with E-state index in [0.29, 0.717) is 17.1 Å². The molecule has 0 unspecified atom stereocenters. The second-order valence-corrected chi connectivity index (χ2v) is 9.27. The summed E-state index contributed by atoms with van der Waals surface area (Å²) in [5.74, 6) is -0.532. The van der Waals surface area contributed by atoms with Crippen LogP contribution in [0.2, 0.25) is 0 Å². The number of amides is 3. The summed E-state index contributed by atoms with van der Waals surface area (Å²) in [6.07, 6.45) is 0.442. The molecule has 3 amide bonds. The fourth-order valence-corrected chi connectivity index (χ4v) is 4.75. The second kappa shape index (κ2) is 10.8. The number of para-hydroxylation sites is 1. The van der Waals surface area contributed by atoms with Gasteiger partial charge in [-0.25, -0.2) is 9.79 Å². The van der Waals surface area contributed by atoms with Crippen LogP contribution in [-0.2, 0) is 9.59 Å². The molecule has 8 nitrogen and oxygen atoms in total. The molecule has 0 bridgehead atoms. The molecule has 5 rings (SSSR count). The smallest absolute Gasteiger partial charge is 0.308 e. The third-order valence-corrected chi connectivity index (χ3v) is 6.56. The summed E-state index contributed by atoms with van der Waals surface area (Å²) in [5.41, 5.74) is 4.28. The van der Waals surface area contributed by atoms with Gasteiger partial charge in [0.15, 0.2) is 5.78 Å². The van der Waals surface area contributed by atoms with Crippen LogP contribution in [0.25, 0.3) is 0 Å². The average Bonchev–Trinajstić information content (AvgIpc) is 3.42. The predicted octanol–water partition coefficient (Wildman–Crippen LogP) is 3.65. The summed E-state index contributed by atoms with van der Waals surface area (Å²) in [7, 11) is 0. The SMILES string of the molecule is Cc1cccc(NC(=O)N[C@@H]2N=C(c3ccccc3)c3ccccc3N(CC(=O)[C@H]3CCCN3)C2=O)c1. The van der Waals surface area contributed by atoms with Gasteiger partial charge in [0.25, 0.3) is 5.91 Å². The van der Waals surface area contributed by atoms with Crippen LogP contribution in [0.1, 0.15) is 29.5 Å². The highest BCUT2D eigenvalue weighted by atomic mass is 16.2. The number of urea groups is 1. The highest BCUT2D eigenvalue weighted by Gasteiger charge is 2.35. The first-order chi connectivity index (χ1) is 18.0. The lowest BCUT2D eigenvalue weighted by Gasteiger charge is -2.26. The van der Waals surface area contributed by atoms with Gasteiger partial charge in [0.2, 0.25) is 6.17 Å². The average molecular weight is 496 g/mol. The summed E-state index contributed by atoms with van der Waals surface area (Å²) in [4.78, 5) is 46.2. The number of carbonyl (C=O) groups excluding carboxylic acids is 3. The monoisotopic (exact) mass is 495 g/mol. The Labute approximate surface area is 215 Å². The molecule has 0 saturated carbocycles. The van der Waals surface area contributed by atoms with Gasteiger partial charge in [-0.15, -0.1) is 0 Å². The lowest BCUT2D eigenvalue weighted by Crippen LogP contribution is -2.51. The number of carbonyl (C=O) groups is 3. The number of anilines is 2. The fourth-order valence-electron chi connectivity index (χ4n) is 4.75. The summed E-state index contributed by atoms with van der Waals surface area (Å²) < 4.78 is 0. The van der Waals surface area contributed by atoms with Crippen LogP contribution in [0.3, 0.4) is 0 Å². The highest BCUT2D eigenvalue weighted by molar-refractivity contribution is 6.21. The normalized spacial score (nSPS) is 19.0. The molecular weight excluding hydrogens is 466 g/mol. The number of Topliss-reactive ketones (excluding diaryl/α,β-unsaturated/α-hetero) is 1. The first kappa shape index (κ1) is 24.4. The molecule has 37 heavy (non-hydrogen) atoms. The Morgan fingerprint density at radius 3 is 2.57 bits per heavy atom. The quantitative estimate of drug-likeness (QED) is 0.486. The maximum absolute atomic E-state index is 13.9. The number of benzene rings is 3. The minimum Gasteiger partial charge on any atom is -0.308 e. The van der Waals surface area contributed by atoms with Crippen LogP contribution < -0.4 is 20.9 Å². The number of rotatable bonds is 6. The number of hydrogen-bond acceptors (Lipinski definition) is 5. The molecule has 0 aliphatic carbocycles. The maximum Gasteiger partial charge on any atom is 0.321 e. The van der Waals surface area contributed by atoms with Gasteiger partial charge >= 0.3 is 6.03 Å². The van der Waals surface area contributed by atoms with Crippen LogP contribution in [0.15, 0.2) is 83.9 Å². The van der Waals surface area contributed by atoms with Crippen molar-refractivity contribution >= 4 is 34.8 Å². The number of benzodiazepines with no additional fused rings is 1. The van der Waals surface area contributed by atoms with E-state index in [-0.39, 0.29) is 18.4 Å². The topological polar surface area (TPSA) is 103 Å². The van der Waals surface area contributed by atoms with Gasteiger partial charge in [0.1, 0.15) is 0 Å². The molecule has 2 heterocycles. The molecule has 3 aromatic carbocycles. The van der Waals surface area contributed by atoms with Gasteiger partial charge in [-0.05, 0) is 50.1 Å². The van der Waals surface area contributed by atoms with Crippen molar-refractivity contribution in [3.63, 3.8) is 0 Å². The number of ketones is 1. The van der Waals surface area contributed by atoms with Gasteiger partial charge in [0.05, 0.1) is 24.0 Å². The lowest BCUT2D eigenvalue weighted by molar-refractivity contribution is -0.124. The number of hydrogen-bond donors (Lipinski definition) is 3. The van der Waals surface area contributed by atoms with Crippen molar-refractivity contribution in [1.29, 1.82) is 0 Å². The highest BCUT2D eigenvalue weighted by Crippen LogP contribution is 2.28. The molecule has 3 aromatic rings. The molecule has 3 N–H and O–H groups in total. The first-order valence-corrected chi connectivity index (χ1v) is 12.4. The van der Waals surface area contributed by atoms with E-state index in [1.54, 1.807) is 6.07 Å². The van der Waals surface area contributed by atoms with Crippen molar-refractivity contribution in [2.45, 2.75) is 32.0 Å². The molecule has 2 aliphatic heterocycles. The Morgan fingerprint density at radius 2 is 1.81 bits per heavy atom. The van der Waals surface area contributed by atoms with Crippen molar-refractivity contribution in [3.8, 4) is 0 Å². The van der Waals surface area contributed by atoms with Crippen molar-refractivity contribution < 1.29 is 14.4 Å². The van der Waals surface area contributed by atoms with Crippen molar-refractivity contribution in [2.24, 2.45) is 4.99 Å². The molecule has 188 valence electrons. The van der Waals surface area contributed by atoms with E-state index in [1.165, 1.54) is 4.90 Å². The zero-order chi connectivity index (χ0) is 25.8. The van der Waals surface area contributed by atoms with E-state index in [9.17, 15) is 14.4 Å². The zero-order valence-corrected chi connectivity index (χ0v) is 20.6. The van der Waals surface area contributed by atoms with Crippen molar-refractivity contribution in [3.05, 3.63) is 95.6 Å². The lowest BCUT2D eigenvalue weighted by atomic mass is 10.00.